The van der Waals surface area contributed by atoms with E-state index in [2.05, 4.69) is 10.3 Å². The normalized spacial score (nSPS) is 12.1. The molecule has 1 amide bonds. The van der Waals surface area contributed by atoms with Crippen LogP contribution in [-0.4, -0.2) is 32.8 Å². The van der Waals surface area contributed by atoms with Crippen molar-refractivity contribution in [3.8, 4) is 0 Å². The first kappa shape index (κ1) is 15.9. The van der Waals surface area contributed by atoms with Gasteiger partial charge in [0, 0.05) is 7.05 Å². The maximum atomic E-state index is 12.5. The second-order valence-electron chi connectivity index (χ2n) is 5.66. The molecule has 24 heavy (non-hydrogen) atoms. The molecule has 0 spiro atoms. The lowest BCUT2D eigenvalue weighted by Gasteiger charge is -2.25. The molecule has 0 bridgehead atoms. The van der Waals surface area contributed by atoms with Crippen molar-refractivity contribution >= 4 is 16.8 Å². The van der Waals surface area contributed by atoms with Gasteiger partial charge in [0.1, 0.15) is 12.1 Å². The predicted molar refractivity (Wildman–Crippen MR) is 91.4 cm³/mol. The molecule has 6 heteroatoms. The Morgan fingerprint density at radius 1 is 1.12 bits per heavy atom. The van der Waals surface area contributed by atoms with E-state index in [0.717, 1.165) is 10.2 Å². The molecule has 0 saturated heterocycles. The first-order valence-electron chi connectivity index (χ1n) is 7.71. The zero-order chi connectivity index (χ0) is 17.1. The van der Waals surface area contributed by atoms with Gasteiger partial charge in [-0.15, -0.1) is 5.10 Å². The van der Waals surface area contributed by atoms with E-state index >= 15 is 0 Å². The Morgan fingerprint density at radius 3 is 2.54 bits per heavy atom. The van der Waals surface area contributed by atoms with E-state index in [1.54, 1.807) is 36.2 Å². The number of likely N-dealkylation sites (N-methyl/N-ethyl adjacent to an activating group) is 1. The number of hydrogen-bond donors (Lipinski definition) is 0. The smallest absolute Gasteiger partial charge is 0.278 e. The monoisotopic (exact) mass is 322 g/mol. The Bertz CT molecular complexity index is 921. The van der Waals surface area contributed by atoms with Crippen LogP contribution >= 0.6 is 0 Å². The molecule has 0 N–H and O–H groups in total. The molecule has 0 saturated carbocycles. The first-order chi connectivity index (χ1) is 11.6. The van der Waals surface area contributed by atoms with Gasteiger partial charge < -0.3 is 4.90 Å². The number of amides is 1. The molecule has 122 valence electrons. The van der Waals surface area contributed by atoms with Crippen LogP contribution in [0.25, 0.3) is 10.9 Å². The van der Waals surface area contributed by atoms with Gasteiger partial charge in [0.25, 0.3) is 5.56 Å². The van der Waals surface area contributed by atoms with Gasteiger partial charge in [0.05, 0.1) is 11.4 Å². The van der Waals surface area contributed by atoms with Gasteiger partial charge in [-0.2, -0.15) is 0 Å². The summed E-state index contributed by atoms with van der Waals surface area (Å²) in [4.78, 5) is 26.5. The molecule has 0 fully saturated rings. The minimum Gasteiger partial charge on any atom is -0.337 e. The number of fused-ring (bicyclic) bond motifs is 1. The summed E-state index contributed by atoms with van der Waals surface area (Å²) >= 11 is 0. The van der Waals surface area contributed by atoms with Crippen molar-refractivity contribution in [3.63, 3.8) is 0 Å². The lowest BCUT2D eigenvalue weighted by atomic mass is 10.1. The van der Waals surface area contributed by atoms with Crippen molar-refractivity contribution in [2.75, 3.05) is 7.05 Å². The van der Waals surface area contributed by atoms with Crippen molar-refractivity contribution in [2.24, 2.45) is 0 Å². The third-order valence-electron chi connectivity index (χ3n) is 4.17. The first-order valence-corrected chi connectivity index (χ1v) is 7.71. The van der Waals surface area contributed by atoms with E-state index < -0.39 is 0 Å². The third-order valence-corrected chi connectivity index (χ3v) is 4.17. The molecule has 2 aromatic carbocycles. The van der Waals surface area contributed by atoms with Crippen LogP contribution < -0.4 is 5.56 Å². The molecule has 1 unspecified atom stereocenters. The number of benzene rings is 2. The van der Waals surface area contributed by atoms with Crippen molar-refractivity contribution < 1.29 is 4.79 Å². The number of aromatic nitrogens is 3. The quantitative estimate of drug-likeness (QED) is 0.737. The second-order valence-corrected chi connectivity index (χ2v) is 5.66. The molecule has 3 rings (SSSR count). The Kier molecular flexibility index (Phi) is 4.37. The molecular formula is C18H18N4O2. The van der Waals surface area contributed by atoms with Crippen LogP contribution in [0, 0.1) is 0 Å². The van der Waals surface area contributed by atoms with Gasteiger partial charge in [-0.05, 0) is 24.6 Å². The summed E-state index contributed by atoms with van der Waals surface area (Å²) in [5.74, 6) is -0.196. The number of nitrogens with zero attached hydrogens (tertiary/aromatic N) is 4. The van der Waals surface area contributed by atoms with Gasteiger partial charge >= 0.3 is 0 Å². The van der Waals surface area contributed by atoms with E-state index in [-0.39, 0.29) is 24.1 Å². The number of carbonyl (C=O) groups is 1. The van der Waals surface area contributed by atoms with Crippen molar-refractivity contribution in [1.82, 2.24) is 19.9 Å². The molecular weight excluding hydrogens is 304 g/mol. The standard InChI is InChI=1S/C18H18N4O2/c1-13(14-8-4-3-5-9-14)21(2)17(23)12-22-18(24)15-10-6-7-11-16(15)19-20-22/h3-11,13H,12H2,1-2H3. The summed E-state index contributed by atoms with van der Waals surface area (Å²) < 4.78 is 1.11. The summed E-state index contributed by atoms with van der Waals surface area (Å²) in [5.41, 5.74) is 1.25. The van der Waals surface area contributed by atoms with Gasteiger partial charge in [-0.1, -0.05) is 47.7 Å². The summed E-state index contributed by atoms with van der Waals surface area (Å²) in [6.07, 6.45) is 0. The van der Waals surface area contributed by atoms with Crippen LogP contribution in [0.1, 0.15) is 18.5 Å². The van der Waals surface area contributed by atoms with Gasteiger partial charge in [0.2, 0.25) is 5.91 Å². The van der Waals surface area contributed by atoms with Crippen LogP contribution in [0.4, 0.5) is 0 Å². The summed E-state index contributed by atoms with van der Waals surface area (Å²) in [6, 6.07) is 16.6. The van der Waals surface area contributed by atoms with E-state index in [0.29, 0.717) is 10.9 Å². The molecule has 3 aromatic rings. The molecule has 1 atom stereocenters. The summed E-state index contributed by atoms with van der Waals surface area (Å²) in [7, 11) is 1.72. The third kappa shape index (κ3) is 3.03. The Labute approximate surface area is 139 Å². The number of hydrogen-bond acceptors (Lipinski definition) is 4. The highest BCUT2D eigenvalue weighted by Crippen LogP contribution is 2.18. The highest BCUT2D eigenvalue weighted by Gasteiger charge is 2.19. The SMILES string of the molecule is CC(c1ccccc1)N(C)C(=O)Cn1nnc2ccccc2c1=O. The van der Waals surface area contributed by atoms with Crippen LogP contribution in [0.2, 0.25) is 0 Å². The fourth-order valence-electron chi connectivity index (χ4n) is 2.54. The van der Waals surface area contributed by atoms with E-state index in [4.69, 9.17) is 0 Å². The predicted octanol–water partition coefficient (Wildman–Crippen LogP) is 2.01. The van der Waals surface area contributed by atoms with Gasteiger partial charge in [0.15, 0.2) is 0 Å². The van der Waals surface area contributed by atoms with E-state index in [1.165, 1.54) is 0 Å². The zero-order valence-corrected chi connectivity index (χ0v) is 13.6. The maximum absolute atomic E-state index is 12.5. The van der Waals surface area contributed by atoms with Crippen LogP contribution in [0.5, 0.6) is 0 Å². The van der Waals surface area contributed by atoms with Crippen LogP contribution in [-0.2, 0) is 11.3 Å². The molecule has 0 aliphatic carbocycles. The number of rotatable bonds is 4. The van der Waals surface area contributed by atoms with E-state index in [1.807, 2.05) is 37.3 Å². The number of carbonyl (C=O) groups excluding carboxylic acids is 1. The fraction of sp³-hybridized carbons (Fsp3) is 0.222. The highest BCUT2D eigenvalue weighted by molar-refractivity contribution is 5.78. The summed E-state index contributed by atoms with van der Waals surface area (Å²) in [6.45, 7) is 1.81. The molecule has 0 aliphatic rings. The lowest BCUT2D eigenvalue weighted by molar-refractivity contribution is -0.132. The second kappa shape index (κ2) is 6.62. The van der Waals surface area contributed by atoms with Crippen molar-refractivity contribution in [2.45, 2.75) is 19.5 Å². The topological polar surface area (TPSA) is 68.1 Å². The zero-order valence-electron chi connectivity index (χ0n) is 13.6. The molecule has 6 nitrogen and oxygen atoms in total. The van der Waals surface area contributed by atoms with Crippen LogP contribution in [0.15, 0.2) is 59.4 Å². The van der Waals surface area contributed by atoms with Gasteiger partial charge in [-0.25, -0.2) is 4.68 Å². The average molecular weight is 322 g/mol. The summed E-state index contributed by atoms with van der Waals surface area (Å²) in [5, 5.41) is 8.32. The molecule has 1 aromatic heterocycles. The average Bonchev–Trinajstić information content (AvgIpc) is 2.63. The lowest BCUT2D eigenvalue weighted by Crippen LogP contribution is -2.36. The Morgan fingerprint density at radius 2 is 1.79 bits per heavy atom. The highest BCUT2D eigenvalue weighted by atomic mass is 16.2. The Balaban J connectivity index is 1.82. The van der Waals surface area contributed by atoms with E-state index in [9.17, 15) is 9.59 Å². The molecule has 0 aliphatic heterocycles. The van der Waals surface area contributed by atoms with Gasteiger partial charge in [-0.3, -0.25) is 9.59 Å². The van der Waals surface area contributed by atoms with Crippen molar-refractivity contribution in [3.05, 3.63) is 70.5 Å². The minimum atomic E-state index is -0.310. The molecule has 0 radical (unpaired) electrons. The maximum Gasteiger partial charge on any atom is 0.278 e. The Hall–Kier alpha value is -3.02. The van der Waals surface area contributed by atoms with Crippen LogP contribution in [0.3, 0.4) is 0 Å². The minimum absolute atomic E-state index is 0.0946. The largest absolute Gasteiger partial charge is 0.337 e. The van der Waals surface area contributed by atoms with Crippen molar-refractivity contribution in [1.29, 1.82) is 0 Å². The molecule has 1 heterocycles. The fourth-order valence-corrected chi connectivity index (χ4v) is 2.54.